The number of carbonyl (C=O) groups excluding carboxylic acids is 1. The minimum absolute atomic E-state index is 0.0426. The Morgan fingerprint density at radius 3 is 2.88 bits per heavy atom. The molecule has 1 heterocycles. The van der Waals surface area contributed by atoms with Crippen LogP contribution in [0, 0.1) is 11.8 Å². The summed E-state index contributed by atoms with van der Waals surface area (Å²) in [5.41, 5.74) is 8.22. The van der Waals surface area contributed by atoms with Crippen molar-refractivity contribution in [2.24, 2.45) is 17.0 Å². The Hall–Kier alpha value is -1.75. The van der Waals surface area contributed by atoms with Crippen LogP contribution in [-0.2, 0) is 9.59 Å². The minimum atomic E-state index is -0.926. The lowest BCUT2D eigenvalue weighted by molar-refractivity contribution is -0.149. The zero-order chi connectivity index (χ0) is 12.4. The zero-order valence-corrected chi connectivity index (χ0v) is 9.32. The van der Waals surface area contributed by atoms with Crippen molar-refractivity contribution in [3.05, 3.63) is 10.4 Å². The molecule has 2 aliphatic rings. The number of rotatable bonds is 5. The molecule has 0 aromatic heterocycles. The molecule has 7 heteroatoms. The van der Waals surface area contributed by atoms with E-state index in [4.69, 9.17) is 10.6 Å². The Bertz CT molecular complexity index is 387. The van der Waals surface area contributed by atoms with Crippen LogP contribution in [0.15, 0.2) is 5.11 Å². The molecule has 1 amide bonds. The summed E-state index contributed by atoms with van der Waals surface area (Å²) in [6.45, 7) is 0.654. The highest BCUT2D eigenvalue weighted by Crippen LogP contribution is 2.37. The highest BCUT2D eigenvalue weighted by Gasteiger charge is 2.45. The van der Waals surface area contributed by atoms with Gasteiger partial charge in [0.05, 0.1) is 0 Å². The predicted molar refractivity (Wildman–Crippen MR) is 58.0 cm³/mol. The van der Waals surface area contributed by atoms with Gasteiger partial charge in [-0.1, -0.05) is 5.11 Å². The van der Waals surface area contributed by atoms with Crippen LogP contribution >= 0.6 is 0 Å². The fourth-order valence-electron chi connectivity index (χ4n) is 2.35. The SMILES string of the molecule is [N-]=[N+]=NCC1CC(=O)N([C@H](C(=O)O)C2CC2)C1. The lowest BCUT2D eigenvalue weighted by Crippen LogP contribution is -2.43. The van der Waals surface area contributed by atoms with Crippen LogP contribution in [0.1, 0.15) is 19.3 Å². The van der Waals surface area contributed by atoms with E-state index in [2.05, 4.69) is 10.0 Å². The van der Waals surface area contributed by atoms with Crippen LogP contribution in [0.4, 0.5) is 0 Å². The maximum atomic E-state index is 11.8. The van der Waals surface area contributed by atoms with Crippen molar-refractivity contribution in [2.45, 2.75) is 25.3 Å². The second-order valence-electron chi connectivity index (χ2n) is 4.65. The lowest BCUT2D eigenvalue weighted by atomic mass is 10.1. The van der Waals surface area contributed by atoms with Gasteiger partial charge in [-0.15, -0.1) is 0 Å². The van der Waals surface area contributed by atoms with E-state index in [9.17, 15) is 9.59 Å². The first kappa shape index (κ1) is 11.7. The van der Waals surface area contributed by atoms with Crippen molar-refractivity contribution >= 4 is 11.9 Å². The van der Waals surface area contributed by atoms with Crippen LogP contribution < -0.4 is 0 Å². The van der Waals surface area contributed by atoms with Gasteiger partial charge >= 0.3 is 5.97 Å². The monoisotopic (exact) mass is 238 g/mol. The van der Waals surface area contributed by atoms with Crippen molar-refractivity contribution in [3.8, 4) is 0 Å². The molecular weight excluding hydrogens is 224 g/mol. The molecule has 1 N–H and O–H groups in total. The van der Waals surface area contributed by atoms with E-state index in [0.717, 1.165) is 12.8 Å². The molecule has 0 bridgehead atoms. The van der Waals surface area contributed by atoms with Gasteiger partial charge in [0.1, 0.15) is 6.04 Å². The molecule has 1 unspecified atom stereocenters. The molecule has 7 nitrogen and oxygen atoms in total. The number of carbonyl (C=O) groups is 2. The smallest absolute Gasteiger partial charge is 0.326 e. The van der Waals surface area contributed by atoms with E-state index >= 15 is 0 Å². The third-order valence-corrected chi connectivity index (χ3v) is 3.30. The van der Waals surface area contributed by atoms with E-state index in [1.165, 1.54) is 4.90 Å². The highest BCUT2D eigenvalue weighted by molar-refractivity contribution is 5.85. The van der Waals surface area contributed by atoms with Gasteiger partial charge in [0.25, 0.3) is 0 Å². The number of aliphatic carboxylic acids is 1. The Morgan fingerprint density at radius 1 is 1.65 bits per heavy atom. The molecule has 0 spiro atoms. The van der Waals surface area contributed by atoms with Crippen LogP contribution in [0.5, 0.6) is 0 Å². The Balaban J connectivity index is 2.03. The zero-order valence-electron chi connectivity index (χ0n) is 9.32. The van der Waals surface area contributed by atoms with E-state index in [1.807, 2.05) is 0 Å². The molecule has 1 aliphatic carbocycles. The average molecular weight is 238 g/mol. The first-order valence-corrected chi connectivity index (χ1v) is 5.66. The largest absolute Gasteiger partial charge is 0.480 e. The summed E-state index contributed by atoms with van der Waals surface area (Å²) in [5, 5.41) is 12.6. The summed E-state index contributed by atoms with van der Waals surface area (Å²) < 4.78 is 0. The third kappa shape index (κ3) is 2.50. The number of nitrogens with zero attached hydrogens (tertiary/aromatic N) is 4. The Morgan fingerprint density at radius 2 is 2.35 bits per heavy atom. The quantitative estimate of drug-likeness (QED) is 0.438. The number of amides is 1. The molecule has 0 aromatic rings. The van der Waals surface area contributed by atoms with Gasteiger partial charge in [-0.2, -0.15) is 0 Å². The number of hydrogen-bond donors (Lipinski definition) is 1. The maximum absolute atomic E-state index is 11.8. The molecule has 92 valence electrons. The molecule has 0 radical (unpaired) electrons. The van der Waals surface area contributed by atoms with Crippen LogP contribution in [0.3, 0.4) is 0 Å². The number of azide groups is 1. The summed E-state index contributed by atoms with van der Waals surface area (Å²) in [4.78, 5) is 27.0. The summed E-state index contributed by atoms with van der Waals surface area (Å²) in [7, 11) is 0. The molecular formula is C10H14N4O3. The van der Waals surface area contributed by atoms with E-state index in [1.54, 1.807) is 0 Å². The van der Waals surface area contributed by atoms with Gasteiger partial charge in [0, 0.05) is 24.4 Å². The number of hydrogen-bond acceptors (Lipinski definition) is 3. The predicted octanol–water partition coefficient (Wildman–Crippen LogP) is 1.01. The number of carboxylic acid groups (broad SMARTS) is 1. The third-order valence-electron chi connectivity index (χ3n) is 3.30. The number of likely N-dealkylation sites (tertiary alicyclic amines) is 1. The second kappa shape index (κ2) is 4.63. The minimum Gasteiger partial charge on any atom is -0.480 e. The van der Waals surface area contributed by atoms with Crippen LogP contribution in [0.2, 0.25) is 0 Å². The summed E-state index contributed by atoms with van der Waals surface area (Å²) in [5.74, 6) is -0.999. The van der Waals surface area contributed by atoms with Crippen molar-refractivity contribution in [2.75, 3.05) is 13.1 Å². The molecule has 2 atom stereocenters. The van der Waals surface area contributed by atoms with Gasteiger partial charge in [-0.3, -0.25) is 4.79 Å². The normalized spacial score (nSPS) is 25.5. The molecule has 1 saturated carbocycles. The standard InChI is InChI=1S/C10H14N4O3/c11-13-12-4-6-3-8(15)14(5-6)9(10(16)17)7-1-2-7/h6-7,9H,1-5H2,(H,16,17)/t6?,9-/m0/s1. The van der Waals surface area contributed by atoms with Gasteiger partial charge < -0.3 is 10.0 Å². The topological polar surface area (TPSA) is 106 Å². The van der Waals surface area contributed by atoms with E-state index in [-0.39, 0.29) is 30.7 Å². The van der Waals surface area contributed by atoms with Crippen LogP contribution in [0.25, 0.3) is 10.4 Å². The summed E-state index contributed by atoms with van der Waals surface area (Å²) in [6.07, 6.45) is 2.04. The summed E-state index contributed by atoms with van der Waals surface area (Å²) in [6, 6.07) is -0.682. The summed E-state index contributed by atoms with van der Waals surface area (Å²) >= 11 is 0. The lowest BCUT2D eigenvalue weighted by Gasteiger charge is -2.24. The van der Waals surface area contributed by atoms with Crippen molar-refractivity contribution in [1.82, 2.24) is 4.90 Å². The van der Waals surface area contributed by atoms with Crippen molar-refractivity contribution in [3.63, 3.8) is 0 Å². The highest BCUT2D eigenvalue weighted by atomic mass is 16.4. The fourth-order valence-corrected chi connectivity index (χ4v) is 2.35. The van der Waals surface area contributed by atoms with Crippen LogP contribution in [-0.4, -0.2) is 41.0 Å². The average Bonchev–Trinajstić information content (AvgIpc) is 3.02. The second-order valence-corrected chi connectivity index (χ2v) is 4.65. The van der Waals surface area contributed by atoms with Gasteiger partial charge in [0.2, 0.25) is 5.91 Å². The molecule has 2 fully saturated rings. The van der Waals surface area contributed by atoms with Gasteiger partial charge in [0.15, 0.2) is 0 Å². The van der Waals surface area contributed by atoms with Crippen molar-refractivity contribution < 1.29 is 14.7 Å². The Kier molecular flexibility index (Phi) is 3.19. The molecule has 17 heavy (non-hydrogen) atoms. The molecule has 1 aliphatic heterocycles. The molecule has 1 saturated heterocycles. The Labute approximate surface area is 98.0 Å². The first-order chi connectivity index (χ1) is 8.13. The maximum Gasteiger partial charge on any atom is 0.326 e. The molecule has 2 rings (SSSR count). The molecule has 0 aromatic carbocycles. The van der Waals surface area contributed by atoms with Gasteiger partial charge in [-0.05, 0) is 30.2 Å². The first-order valence-electron chi connectivity index (χ1n) is 5.66. The van der Waals surface area contributed by atoms with E-state index in [0.29, 0.717) is 6.54 Å². The van der Waals surface area contributed by atoms with Crippen molar-refractivity contribution in [1.29, 1.82) is 0 Å². The van der Waals surface area contributed by atoms with Gasteiger partial charge in [-0.25, -0.2) is 4.79 Å². The number of carboxylic acids is 1. The van der Waals surface area contributed by atoms with E-state index < -0.39 is 12.0 Å². The fraction of sp³-hybridized carbons (Fsp3) is 0.800.